The van der Waals surface area contributed by atoms with Gasteiger partial charge in [0.05, 0.1) is 29.9 Å². The molecular formula is C91H101Cl2N9O34. The van der Waals surface area contributed by atoms with Gasteiger partial charge >= 0.3 is 5.97 Å². The first-order valence-corrected chi connectivity index (χ1v) is 44.2. The van der Waals surface area contributed by atoms with Crippen LogP contribution in [0, 0.1) is 5.92 Å². The molecule has 7 aromatic carbocycles. The Balaban J connectivity index is 1.04. The minimum absolute atomic E-state index is 0.0331. The second-order valence-corrected chi connectivity index (χ2v) is 34.8. The van der Waals surface area contributed by atoms with E-state index in [4.69, 9.17) is 65.8 Å². The first-order valence-electron chi connectivity index (χ1n) is 43.4. The van der Waals surface area contributed by atoms with E-state index in [0.29, 0.717) is 6.42 Å². The van der Waals surface area contributed by atoms with E-state index in [1.54, 1.807) is 0 Å². The SMILES string of the molecule is CCCCCCCC(C)CC(=O)NC1C(Oc2c3cc4cc2Oc2ccc(cc2Cl)C(OC2OC(CO)C(O)C(O)C2NC(C)=O)C2NC(=O)C(NC(=O)C4NC(=O)C4NC(=O)C(Cc5ccc(c(Cl)c5)O3)NC(=O)C(NC(C)=O)c3ccc(O)c(c3)Oc3cc(O)cc4c3)c3ccc(O)c(c3)-c3c(OC4OC(CO)C(O)C(O)C4O)cc(O)cc3C(C(=O)O)NC2=O)OC(CO)C(O)C1O. The standard InChI is InChI=1S/C91H101Cl2N9O34/c1-5-6-7-8-9-10-35(2)19-63(112)97-71-77(117)74(114)61(33-104)133-90(71)136-81-58-27-43-28-59(81)130-55-18-14-41(25-50(55)93)80(135-89-70(95-37(4)107)76(116)73(113)60(32-103)132-89)72-87(125)101-69(88(126)127)48-30-45(109)31-57(131-91-79(119)78(118)75(115)62(34-105)134-91)64(48)47-24-39(12-15-52(47)110)66(84(122)102-72)99-86(124)68(43)100-85(123)67-42-22-44(108)29-46(23-42)128-56-26-40(13-16-53(56)111)65(94-36(3)106)83(121)96-51(82(120)98-67)21-38-11-17-54(129-58)49(92)20-38/h11-18,20,22-31,35,51,60-62,65-80,89-91,103-105,108-111,113-119H,5-10,19,21,32-34H2,1-4H3,(H,94,106)(H,95,107)(H,96,121)(H,97,112)(H,98,120)(H,99,124)(H,100,123)(H,101,125)(H,102,122)(H,126,127). The quantitative estimate of drug-likeness (QED) is 0.0454. The number of nitrogens with one attached hydrogen (secondary N) is 9. The zero-order valence-corrected chi connectivity index (χ0v) is 74.3. The van der Waals surface area contributed by atoms with E-state index in [-0.39, 0.29) is 34.2 Å². The first kappa shape index (κ1) is 99.4. The summed E-state index contributed by atoms with van der Waals surface area (Å²) in [5, 5.41) is 193. The van der Waals surface area contributed by atoms with Crippen LogP contribution in [0.3, 0.4) is 0 Å². The van der Waals surface area contributed by atoms with Crippen LogP contribution in [0.1, 0.15) is 148 Å². The summed E-state index contributed by atoms with van der Waals surface area (Å²) >= 11 is 14.8. The Morgan fingerprint density at radius 1 is 0.485 bits per heavy atom. The molecule has 0 aromatic heterocycles. The summed E-state index contributed by atoms with van der Waals surface area (Å²) in [5.41, 5.74) is -3.99. The normalized spacial score (nSPS) is 28.5. The molecule has 3 fully saturated rings. The number of halogens is 2. The van der Waals surface area contributed by atoms with Crippen molar-refractivity contribution in [1.82, 2.24) is 47.9 Å². The van der Waals surface area contributed by atoms with Gasteiger partial charge in [-0.15, -0.1) is 0 Å². The topological polar surface area (TPSA) is 665 Å². The molecule has 9 heterocycles. The van der Waals surface area contributed by atoms with Crippen molar-refractivity contribution in [3.05, 3.63) is 164 Å². The molecule has 0 radical (unpaired) electrons. The van der Waals surface area contributed by atoms with Gasteiger partial charge in [-0.05, 0) is 118 Å². The Morgan fingerprint density at radius 2 is 1.04 bits per heavy atom. The van der Waals surface area contributed by atoms with Crippen LogP contribution in [0.4, 0.5) is 0 Å². The lowest BCUT2D eigenvalue weighted by Gasteiger charge is -2.44. The van der Waals surface area contributed by atoms with Gasteiger partial charge in [-0.1, -0.05) is 99.8 Å². The largest absolute Gasteiger partial charge is 0.508 e. The fourth-order valence-electron chi connectivity index (χ4n) is 17.1. The fraction of sp³-hybridized carbons (Fsp3) is 0.429. The minimum Gasteiger partial charge on any atom is -0.508 e. The number of amides is 9. The average molecular weight is 1940 g/mol. The molecule has 9 aliphatic rings. The number of benzene rings is 7. The molecule has 0 aliphatic carbocycles. The number of carbonyl (C=O) groups excluding carboxylic acids is 9. The van der Waals surface area contributed by atoms with E-state index < -0.39 is 333 Å². The number of carboxylic acids is 1. The lowest BCUT2D eigenvalue weighted by Crippen LogP contribution is -2.65. The van der Waals surface area contributed by atoms with Gasteiger partial charge in [-0.3, -0.25) is 43.2 Å². The lowest BCUT2D eigenvalue weighted by molar-refractivity contribution is -0.284. The van der Waals surface area contributed by atoms with Crippen LogP contribution < -0.4 is 71.5 Å². The number of hydrogen-bond acceptors (Lipinski definition) is 33. The highest BCUT2D eigenvalue weighted by Crippen LogP contribution is 2.51. The van der Waals surface area contributed by atoms with E-state index in [0.717, 1.165) is 137 Å². The van der Waals surface area contributed by atoms with Crippen molar-refractivity contribution < 1.29 is 167 Å². The number of phenolic OH excluding ortho intramolecular Hbond substituents is 4. The first-order chi connectivity index (χ1) is 64.8. The molecule has 24 unspecified atom stereocenters. The van der Waals surface area contributed by atoms with Crippen LogP contribution in [0.15, 0.2) is 115 Å². The van der Waals surface area contributed by atoms with Crippen molar-refractivity contribution in [2.24, 2.45) is 5.92 Å². The fourth-order valence-corrected chi connectivity index (χ4v) is 17.6. The molecule has 24 N–H and O–H groups in total. The maximum atomic E-state index is 17.1. The van der Waals surface area contributed by atoms with Crippen molar-refractivity contribution in [2.45, 2.75) is 219 Å². The average Bonchev–Trinajstić information content (AvgIpc) is 0.753. The minimum atomic E-state index is -2.61. The molecule has 16 rings (SSSR count). The Morgan fingerprint density at radius 3 is 1.66 bits per heavy atom. The van der Waals surface area contributed by atoms with E-state index in [1.807, 2.05) is 6.92 Å². The van der Waals surface area contributed by atoms with Crippen LogP contribution in [0.2, 0.25) is 10.0 Å². The zero-order valence-electron chi connectivity index (χ0n) is 72.8. The van der Waals surface area contributed by atoms with Crippen LogP contribution >= 0.6 is 23.2 Å². The van der Waals surface area contributed by atoms with Crippen molar-refractivity contribution in [2.75, 3.05) is 19.8 Å². The number of phenols is 4. The molecule has 9 amide bonds. The number of carboxylic acid groups (broad SMARTS) is 1. The smallest absolute Gasteiger partial charge is 0.330 e. The second-order valence-electron chi connectivity index (χ2n) is 34.0. The molecule has 9 aliphatic heterocycles. The van der Waals surface area contributed by atoms with Gasteiger partial charge < -0.3 is 167 Å². The Kier molecular flexibility index (Phi) is 31.0. The maximum absolute atomic E-state index is 17.1. The molecule has 3 saturated heterocycles. The summed E-state index contributed by atoms with van der Waals surface area (Å²) in [7, 11) is 0. The van der Waals surface area contributed by atoms with Crippen LogP contribution in [-0.4, -0.2) is 260 Å². The molecule has 43 nitrogen and oxygen atoms in total. The summed E-state index contributed by atoms with van der Waals surface area (Å²) in [5.74, 6) is -21.1. The monoisotopic (exact) mass is 1930 g/mol. The number of aliphatic hydroxyl groups is 10. The Hall–Kier alpha value is -12.5. The number of aliphatic hydroxyl groups excluding tert-OH is 10. The molecule has 17 bridgehead atoms. The third kappa shape index (κ3) is 21.8. The van der Waals surface area contributed by atoms with Gasteiger partial charge in [-0.25, -0.2) is 4.79 Å². The molecule has 0 saturated carbocycles. The summed E-state index contributed by atoms with van der Waals surface area (Å²) in [6.45, 7) is 2.76. The number of ether oxygens (including phenoxy) is 9. The van der Waals surface area contributed by atoms with E-state index in [9.17, 15) is 95.8 Å². The van der Waals surface area contributed by atoms with Crippen molar-refractivity contribution >= 4 is 82.3 Å². The zero-order chi connectivity index (χ0) is 97.9. The molecule has 45 heteroatoms. The maximum Gasteiger partial charge on any atom is 0.330 e. The predicted octanol–water partition coefficient (Wildman–Crippen LogP) is 1.59. The van der Waals surface area contributed by atoms with E-state index in [1.165, 1.54) is 24.3 Å². The van der Waals surface area contributed by atoms with Crippen LogP contribution in [0.25, 0.3) is 11.1 Å². The van der Waals surface area contributed by atoms with Crippen molar-refractivity contribution in [3.8, 4) is 80.1 Å². The van der Waals surface area contributed by atoms with Gasteiger partial charge in [-0.2, -0.15) is 0 Å². The second kappa shape index (κ2) is 42.4. The van der Waals surface area contributed by atoms with Gasteiger partial charge in [0.1, 0.15) is 156 Å². The Bertz CT molecular complexity index is 5720. The number of aromatic hydroxyl groups is 4. The number of fused-ring (bicyclic) bond motifs is 14. The van der Waals surface area contributed by atoms with E-state index in [2.05, 4.69) is 54.8 Å². The number of carbonyl (C=O) groups is 10. The number of aliphatic carboxylic acids is 1. The Labute approximate surface area is 783 Å². The number of rotatable bonds is 21. The molecular weight excluding hydrogens is 1830 g/mol. The summed E-state index contributed by atoms with van der Waals surface area (Å²) < 4.78 is 57.7. The van der Waals surface area contributed by atoms with Crippen LogP contribution in [0.5, 0.6) is 69.0 Å². The highest BCUT2D eigenvalue weighted by Gasteiger charge is 2.53. The molecule has 728 valence electrons. The molecule has 7 aromatic rings. The molecule has 24 atom stereocenters. The summed E-state index contributed by atoms with van der Waals surface area (Å²) in [4.78, 5) is 153. The van der Waals surface area contributed by atoms with Gasteiger partial charge in [0.15, 0.2) is 35.3 Å². The summed E-state index contributed by atoms with van der Waals surface area (Å²) in [6.07, 6.45) is -24.5. The third-order valence-electron chi connectivity index (χ3n) is 24.1. The van der Waals surface area contributed by atoms with Crippen molar-refractivity contribution in [1.29, 1.82) is 0 Å². The third-order valence-corrected chi connectivity index (χ3v) is 24.7. The molecule has 136 heavy (non-hydrogen) atoms. The molecule has 0 spiro atoms. The van der Waals surface area contributed by atoms with Crippen LogP contribution in [-0.2, 0) is 73.3 Å². The van der Waals surface area contributed by atoms with Gasteiger partial charge in [0.2, 0.25) is 71.5 Å². The lowest BCUT2D eigenvalue weighted by atomic mass is 9.89. The predicted molar refractivity (Wildman–Crippen MR) is 467 cm³/mol. The highest BCUT2D eigenvalue weighted by atomic mass is 35.5. The van der Waals surface area contributed by atoms with Gasteiger partial charge in [0, 0.05) is 55.5 Å². The van der Waals surface area contributed by atoms with E-state index >= 15 is 28.8 Å². The van der Waals surface area contributed by atoms with Crippen molar-refractivity contribution in [3.63, 3.8) is 0 Å². The summed E-state index contributed by atoms with van der Waals surface area (Å²) in [6, 6.07) is 0.0926. The van der Waals surface area contributed by atoms with Gasteiger partial charge in [0.25, 0.3) is 0 Å². The number of hydrogen-bond donors (Lipinski definition) is 24. The highest BCUT2D eigenvalue weighted by molar-refractivity contribution is 6.32. The number of unbranched alkanes of at least 4 members (excludes halogenated alkanes) is 4.